The van der Waals surface area contributed by atoms with Crippen molar-refractivity contribution in [2.45, 2.75) is 32.0 Å². The fourth-order valence-electron chi connectivity index (χ4n) is 2.95. The van der Waals surface area contributed by atoms with Crippen LogP contribution in [0.25, 0.3) is 0 Å². The fraction of sp³-hybridized carbons (Fsp3) is 0.389. The van der Waals surface area contributed by atoms with Crippen LogP contribution < -0.4 is 15.6 Å². The van der Waals surface area contributed by atoms with Gasteiger partial charge in [0.2, 0.25) is 5.91 Å². The first kappa shape index (κ1) is 18.8. The molecule has 8 heteroatoms. The van der Waals surface area contributed by atoms with Gasteiger partial charge in [-0.25, -0.2) is 4.98 Å². The minimum atomic E-state index is -0.319. The Balaban J connectivity index is 1.79. The molecule has 0 saturated heterocycles. The predicted molar refractivity (Wildman–Crippen MR) is 103 cm³/mol. The van der Waals surface area contributed by atoms with Crippen molar-refractivity contribution in [1.29, 1.82) is 0 Å². The number of halogens is 1. The van der Waals surface area contributed by atoms with Gasteiger partial charge in [-0.2, -0.15) is 0 Å². The third kappa shape index (κ3) is 3.59. The molecular weight excluding hydrogens is 374 g/mol. The average Bonchev–Trinajstić information content (AvgIpc) is 2.62. The topological polar surface area (TPSA) is 73.2 Å². The quantitative estimate of drug-likeness (QED) is 0.808. The maximum Gasteiger partial charge on any atom is 0.257 e. The van der Waals surface area contributed by atoms with Gasteiger partial charge in [0.1, 0.15) is 5.75 Å². The van der Waals surface area contributed by atoms with Crippen LogP contribution in [-0.4, -0.2) is 28.3 Å². The second-order valence-corrected chi connectivity index (χ2v) is 7.47. The highest BCUT2D eigenvalue weighted by atomic mass is 35.5. The summed E-state index contributed by atoms with van der Waals surface area (Å²) in [5.41, 5.74) is 2.03. The van der Waals surface area contributed by atoms with E-state index in [1.54, 1.807) is 22.8 Å². The molecule has 0 fully saturated rings. The van der Waals surface area contributed by atoms with Gasteiger partial charge < -0.3 is 10.1 Å². The molecule has 0 bridgehead atoms. The number of methoxy groups -OCH3 is 1. The minimum Gasteiger partial charge on any atom is -0.495 e. The van der Waals surface area contributed by atoms with Crippen LogP contribution in [0.15, 0.2) is 28.2 Å². The van der Waals surface area contributed by atoms with Gasteiger partial charge in [-0.05, 0) is 31.5 Å². The smallest absolute Gasteiger partial charge is 0.257 e. The lowest BCUT2D eigenvalue weighted by molar-refractivity contribution is -0.119. The van der Waals surface area contributed by atoms with Crippen LogP contribution >= 0.6 is 23.4 Å². The fourth-order valence-corrected chi connectivity index (χ4v) is 4.33. The first-order valence-electron chi connectivity index (χ1n) is 8.32. The van der Waals surface area contributed by atoms with Crippen molar-refractivity contribution in [3.8, 4) is 5.75 Å². The van der Waals surface area contributed by atoms with Crippen LogP contribution in [0, 0.1) is 12.8 Å². The normalized spacial score (nSPS) is 16.1. The third-order valence-electron chi connectivity index (χ3n) is 4.39. The molecule has 1 N–H and O–H groups in total. The molecule has 138 valence electrons. The molecule has 2 heterocycles. The molecule has 1 amide bonds. The number of hydrogen-bond donors (Lipinski definition) is 1. The van der Waals surface area contributed by atoms with Gasteiger partial charge in [0.15, 0.2) is 5.16 Å². The third-order valence-corrected chi connectivity index (χ3v) is 5.83. The summed E-state index contributed by atoms with van der Waals surface area (Å²) in [4.78, 5) is 29.8. The van der Waals surface area contributed by atoms with Crippen molar-refractivity contribution in [3.05, 3.63) is 44.8 Å². The summed E-state index contributed by atoms with van der Waals surface area (Å²) in [5, 5.41) is 3.98. The number of aryl methyl sites for hydroxylation is 1. The second-order valence-electron chi connectivity index (χ2n) is 6.07. The zero-order valence-corrected chi connectivity index (χ0v) is 16.4. The lowest BCUT2D eigenvalue weighted by Gasteiger charge is -2.25. The second kappa shape index (κ2) is 7.72. The Hall–Kier alpha value is -1.99. The van der Waals surface area contributed by atoms with Crippen molar-refractivity contribution < 1.29 is 9.53 Å². The monoisotopic (exact) mass is 393 g/mol. The summed E-state index contributed by atoms with van der Waals surface area (Å²) in [7, 11) is 1.54. The molecule has 26 heavy (non-hydrogen) atoms. The number of ether oxygens (including phenoxy) is 1. The van der Waals surface area contributed by atoms with Crippen LogP contribution in [0.2, 0.25) is 5.02 Å². The number of thioether (sulfide) groups is 1. The largest absolute Gasteiger partial charge is 0.495 e. The molecule has 2 aromatic rings. The molecule has 1 aliphatic rings. The summed E-state index contributed by atoms with van der Waals surface area (Å²) in [5.74, 6) is 0.662. The van der Waals surface area contributed by atoms with Gasteiger partial charge in [-0.1, -0.05) is 30.3 Å². The zero-order chi connectivity index (χ0) is 18.8. The Morgan fingerprint density at radius 2 is 2.27 bits per heavy atom. The van der Waals surface area contributed by atoms with Gasteiger partial charge in [0, 0.05) is 29.2 Å². The molecule has 6 nitrogen and oxygen atoms in total. The van der Waals surface area contributed by atoms with E-state index in [0.717, 1.165) is 5.69 Å². The van der Waals surface area contributed by atoms with E-state index in [1.165, 1.54) is 18.9 Å². The van der Waals surface area contributed by atoms with Crippen LogP contribution in [0.3, 0.4) is 0 Å². The first-order chi connectivity index (χ1) is 12.4. The van der Waals surface area contributed by atoms with E-state index < -0.39 is 0 Å². The molecule has 1 aromatic heterocycles. The summed E-state index contributed by atoms with van der Waals surface area (Å²) in [6.07, 6.45) is 0.629. The number of hydrogen-bond acceptors (Lipinski definition) is 5. The number of benzene rings is 1. The first-order valence-corrected chi connectivity index (χ1v) is 9.68. The number of anilines is 1. The lowest BCUT2D eigenvalue weighted by Crippen LogP contribution is -2.38. The summed E-state index contributed by atoms with van der Waals surface area (Å²) < 4.78 is 6.73. The number of carbonyl (C=O) groups excluding carboxylic acids is 1. The van der Waals surface area contributed by atoms with Crippen molar-refractivity contribution in [2.24, 2.45) is 5.92 Å². The van der Waals surface area contributed by atoms with Crippen LogP contribution in [0.4, 0.5) is 5.69 Å². The van der Waals surface area contributed by atoms with E-state index in [-0.39, 0.29) is 17.4 Å². The number of nitrogens with zero attached hydrogens (tertiary/aromatic N) is 2. The van der Waals surface area contributed by atoms with Crippen molar-refractivity contribution in [2.75, 3.05) is 18.2 Å². The van der Waals surface area contributed by atoms with E-state index in [0.29, 0.717) is 45.9 Å². The molecular formula is C18H20ClN3O3S. The van der Waals surface area contributed by atoms with Crippen molar-refractivity contribution >= 4 is 35.0 Å². The summed E-state index contributed by atoms with van der Waals surface area (Å²) in [6.45, 7) is 4.12. The van der Waals surface area contributed by atoms with E-state index in [1.807, 2.05) is 13.8 Å². The molecule has 0 unspecified atom stereocenters. The summed E-state index contributed by atoms with van der Waals surface area (Å²) >= 11 is 7.54. The van der Waals surface area contributed by atoms with Gasteiger partial charge in [0.05, 0.1) is 18.1 Å². The van der Waals surface area contributed by atoms with Gasteiger partial charge in [-0.3, -0.25) is 14.2 Å². The van der Waals surface area contributed by atoms with Gasteiger partial charge in [-0.15, -0.1) is 0 Å². The molecule has 0 radical (unpaired) electrons. The number of fused-ring (bicyclic) bond motifs is 1. The molecule has 0 spiro atoms. The minimum absolute atomic E-state index is 0.0486. The van der Waals surface area contributed by atoms with Crippen molar-refractivity contribution in [3.63, 3.8) is 0 Å². The standard InChI is InChI=1S/C18H20ClN3O3S/c1-4-13-10(2)20-18-22(17(13)24)8-11(9-26-18)16(23)21-12-5-6-15(25-3)14(19)7-12/h5-7,11H,4,8-9H2,1-3H3,(H,21,23)/t11-/m0/s1. The highest BCUT2D eigenvalue weighted by Gasteiger charge is 2.28. The van der Waals surface area contributed by atoms with E-state index in [9.17, 15) is 9.59 Å². The van der Waals surface area contributed by atoms with Gasteiger partial charge in [0.25, 0.3) is 5.56 Å². The maximum atomic E-state index is 12.7. The Morgan fingerprint density at radius 3 is 2.92 bits per heavy atom. The summed E-state index contributed by atoms with van der Waals surface area (Å²) in [6, 6.07) is 5.08. The number of aromatic nitrogens is 2. The van der Waals surface area contributed by atoms with Crippen LogP contribution in [-0.2, 0) is 17.8 Å². The Bertz CT molecular complexity index is 913. The molecule has 3 rings (SSSR count). The number of carbonyl (C=O) groups is 1. The average molecular weight is 394 g/mol. The highest BCUT2D eigenvalue weighted by Crippen LogP contribution is 2.29. The zero-order valence-electron chi connectivity index (χ0n) is 14.8. The Kier molecular flexibility index (Phi) is 5.58. The molecule has 1 aromatic carbocycles. The molecule has 1 atom stereocenters. The predicted octanol–water partition coefficient (Wildman–Crippen LogP) is 3.14. The van der Waals surface area contributed by atoms with E-state index in [4.69, 9.17) is 16.3 Å². The Morgan fingerprint density at radius 1 is 1.50 bits per heavy atom. The van der Waals surface area contributed by atoms with Crippen molar-refractivity contribution in [1.82, 2.24) is 9.55 Å². The number of nitrogens with one attached hydrogen (secondary N) is 1. The van der Waals surface area contributed by atoms with Crippen LogP contribution in [0.5, 0.6) is 5.75 Å². The Labute approximate surface area is 160 Å². The van der Waals surface area contributed by atoms with E-state index >= 15 is 0 Å². The lowest BCUT2D eigenvalue weighted by atomic mass is 10.1. The number of rotatable bonds is 4. The highest BCUT2D eigenvalue weighted by molar-refractivity contribution is 7.99. The number of amides is 1. The van der Waals surface area contributed by atoms with Gasteiger partial charge >= 0.3 is 0 Å². The maximum absolute atomic E-state index is 12.7. The SMILES string of the molecule is CCc1c(C)nc2n(c1=O)C[C@H](C(=O)Nc1ccc(OC)c(Cl)c1)CS2. The molecule has 0 aliphatic carbocycles. The van der Waals surface area contributed by atoms with E-state index in [2.05, 4.69) is 10.3 Å². The van der Waals surface area contributed by atoms with Crippen LogP contribution in [0.1, 0.15) is 18.2 Å². The molecule has 0 saturated carbocycles. The molecule has 1 aliphatic heterocycles.